The molecule has 84 valence electrons. The van der Waals surface area contributed by atoms with E-state index < -0.39 is 0 Å². The Hall–Kier alpha value is -0.870. The van der Waals surface area contributed by atoms with Gasteiger partial charge in [0, 0.05) is 37.9 Å². The zero-order valence-corrected chi connectivity index (χ0v) is 9.66. The third-order valence-electron chi connectivity index (χ3n) is 3.04. The molecule has 0 saturated carbocycles. The van der Waals surface area contributed by atoms with Crippen LogP contribution in [0.15, 0.2) is 6.20 Å². The van der Waals surface area contributed by atoms with Crippen molar-refractivity contribution in [2.24, 2.45) is 13.0 Å². The molecule has 1 saturated heterocycles. The van der Waals surface area contributed by atoms with E-state index in [0.29, 0.717) is 5.92 Å². The molecule has 0 radical (unpaired) electrons. The second kappa shape index (κ2) is 4.33. The van der Waals surface area contributed by atoms with Crippen LogP contribution in [0, 0.1) is 12.8 Å². The van der Waals surface area contributed by atoms with Crippen LogP contribution in [-0.4, -0.2) is 30.0 Å². The van der Waals surface area contributed by atoms with Gasteiger partial charge < -0.3 is 10.1 Å². The molecule has 1 aliphatic rings. The minimum atomic E-state index is 0.228. The van der Waals surface area contributed by atoms with Crippen LogP contribution in [0.2, 0.25) is 0 Å². The Morgan fingerprint density at radius 1 is 1.67 bits per heavy atom. The molecule has 0 spiro atoms. The molecule has 0 bridgehead atoms. The topological polar surface area (TPSA) is 39.1 Å². The van der Waals surface area contributed by atoms with Gasteiger partial charge in [-0.25, -0.2) is 0 Å². The van der Waals surface area contributed by atoms with Crippen molar-refractivity contribution in [3.05, 3.63) is 17.5 Å². The fourth-order valence-electron chi connectivity index (χ4n) is 2.35. The first-order valence-corrected chi connectivity index (χ1v) is 5.48. The standard InChI is InChI=1S/C11H19N3O/c1-8-10(7-14(3)13-8)11-9(6-12-2)4-5-15-11/h7,9,11-12H,4-6H2,1-3H3. The first-order valence-electron chi connectivity index (χ1n) is 5.48. The molecule has 1 N–H and O–H groups in total. The van der Waals surface area contributed by atoms with Gasteiger partial charge in [0.1, 0.15) is 0 Å². The zero-order chi connectivity index (χ0) is 10.8. The molecular formula is C11H19N3O. The molecule has 2 atom stereocenters. The van der Waals surface area contributed by atoms with Crippen LogP contribution in [0.25, 0.3) is 0 Å². The number of hydrogen-bond donors (Lipinski definition) is 1. The smallest absolute Gasteiger partial charge is 0.0899 e. The van der Waals surface area contributed by atoms with E-state index in [2.05, 4.69) is 16.6 Å². The summed E-state index contributed by atoms with van der Waals surface area (Å²) in [6.45, 7) is 3.93. The summed E-state index contributed by atoms with van der Waals surface area (Å²) in [5.41, 5.74) is 2.33. The van der Waals surface area contributed by atoms with Crippen molar-refractivity contribution in [3.63, 3.8) is 0 Å². The van der Waals surface area contributed by atoms with Crippen LogP contribution in [0.3, 0.4) is 0 Å². The lowest BCUT2D eigenvalue weighted by Crippen LogP contribution is -2.21. The van der Waals surface area contributed by atoms with Gasteiger partial charge in [0.05, 0.1) is 11.8 Å². The van der Waals surface area contributed by atoms with E-state index in [0.717, 1.165) is 25.3 Å². The van der Waals surface area contributed by atoms with Crippen molar-refractivity contribution in [2.45, 2.75) is 19.4 Å². The maximum absolute atomic E-state index is 5.80. The number of nitrogens with zero attached hydrogens (tertiary/aromatic N) is 2. The maximum atomic E-state index is 5.80. The molecule has 4 nitrogen and oxygen atoms in total. The van der Waals surface area contributed by atoms with Crippen LogP contribution in [-0.2, 0) is 11.8 Å². The van der Waals surface area contributed by atoms with E-state index in [4.69, 9.17) is 4.74 Å². The largest absolute Gasteiger partial charge is 0.373 e. The molecular weight excluding hydrogens is 190 g/mol. The Balaban J connectivity index is 2.18. The summed E-state index contributed by atoms with van der Waals surface area (Å²) in [6.07, 6.45) is 3.44. The average Bonchev–Trinajstić information content (AvgIpc) is 2.73. The van der Waals surface area contributed by atoms with E-state index in [1.807, 2.05) is 25.7 Å². The van der Waals surface area contributed by atoms with E-state index in [1.165, 1.54) is 5.56 Å². The van der Waals surface area contributed by atoms with E-state index in [-0.39, 0.29) is 6.10 Å². The molecule has 0 amide bonds. The van der Waals surface area contributed by atoms with Crippen LogP contribution < -0.4 is 5.32 Å². The van der Waals surface area contributed by atoms with Crippen molar-refractivity contribution in [1.82, 2.24) is 15.1 Å². The van der Waals surface area contributed by atoms with Crippen LogP contribution >= 0.6 is 0 Å². The minimum absolute atomic E-state index is 0.228. The monoisotopic (exact) mass is 209 g/mol. The van der Waals surface area contributed by atoms with Gasteiger partial charge in [0.15, 0.2) is 0 Å². The summed E-state index contributed by atoms with van der Waals surface area (Å²) < 4.78 is 7.67. The van der Waals surface area contributed by atoms with Crippen molar-refractivity contribution < 1.29 is 4.74 Å². The summed E-state index contributed by atoms with van der Waals surface area (Å²) >= 11 is 0. The molecule has 1 aromatic rings. The molecule has 4 heteroatoms. The van der Waals surface area contributed by atoms with Gasteiger partial charge in [-0.1, -0.05) is 0 Å². The van der Waals surface area contributed by atoms with Crippen molar-refractivity contribution in [1.29, 1.82) is 0 Å². The van der Waals surface area contributed by atoms with Crippen molar-refractivity contribution in [2.75, 3.05) is 20.2 Å². The molecule has 2 unspecified atom stereocenters. The van der Waals surface area contributed by atoms with E-state index >= 15 is 0 Å². The van der Waals surface area contributed by atoms with Crippen LogP contribution in [0.1, 0.15) is 23.8 Å². The summed E-state index contributed by atoms with van der Waals surface area (Å²) in [5.74, 6) is 0.581. The van der Waals surface area contributed by atoms with Gasteiger partial charge in [-0.2, -0.15) is 5.10 Å². The molecule has 1 fully saturated rings. The lowest BCUT2D eigenvalue weighted by molar-refractivity contribution is 0.0904. The highest BCUT2D eigenvalue weighted by molar-refractivity contribution is 5.20. The predicted octanol–water partition coefficient (Wildman–Crippen LogP) is 1.03. The fourth-order valence-corrected chi connectivity index (χ4v) is 2.35. The SMILES string of the molecule is CNCC1CCOC1c1cn(C)nc1C. The minimum Gasteiger partial charge on any atom is -0.373 e. The number of ether oxygens (including phenoxy) is 1. The Kier molecular flexibility index (Phi) is 3.07. The number of aromatic nitrogens is 2. The highest BCUT2D eigenvalue weighted by atomic mass is 16.5. The summed E-state index contributed by atoms with van der Waals surface area (Å²) in [6, 6.07) is 0. The quantitative estimate of drug-likeness (QED) is 0.808. The van der Waals surface area contributed by atoms with Gasteiger partial charge in [0.25, 0.3) is 0 Å². The lowest BCUT2D eigenvalue weighted by atomic mass is 9.96. The van der Waals surface area contributed by atoms with E-state index in [9.17, 15) is 0 Å². The van der Waals surface area contributed by atoms with Crippen molar-refractivity contribution in [3.8, 4) is 0 Å². The van der Waals surface area contributed by atoms with Gasteiger partial charge in [-0.05, 0) is 20.4 Å². The summed E-state index contributed by atoms with van der Waals surface area (Å²) in [5, 5.41) is 7.59. The second-order valence-corrected chi connectivity index (χ2v) is 4.24. The molecule has 0 aliphatic carbocycles. The fraction of sp³-hybridized carbons (Fsp3) is 0.727. The summed E-state index contributed by atoms with van der Waals surface area (Å²) in [4.78, 5) is 0. The van der Waals surface area contributed by atoms with Gasteiger partial charge in [0.2, 0.25) is 0 Å². The first-order chi connectivity index (χ1) is 7.22. The first kappa shape index (κ1) is 10.6. The Morgan fingerprint density at radius 2 is 2.47 bits per heavy atom. The maximum Gasteiger partial charge on any atom is 0.0899 e. The normalized spacial score (nSPS) is 26.1. The molecule has 1 aliphatic heterocycles. The molecule has 2 rings (SSSR count). The molecule has 0 aromatic carbocycles. The number of aryl methyl sites for hydroxylation is 2. The van der Waals surface area contributed by atoms with Crippen LogP contribution in [0.4, 0.5) is 0 Å². The molecule has 1 aromatic heterocycles. The molecule has 15 heavy (non-hydrogen) atoms. The van der Waals surface area contributed by atoms with Gasteiger partial charge in [-0.3, -0.25) is 4.68 Å². The van der Waals surface area contributed by atoms with E-state index in [1.54, 1.807) is 0 Å². The Bertz CT molecular complexity index is 335. The Labute approximate surface area is 90.6 Å². The highest BCUT2D eigenvalue weighted by Crippen LogP contribution is 2.35. The third-order valence-corrected chi connectivity index (χ3v) is 3.04. The average molecular weight is 209 g/mol. The lowest BCUT2D eigenvalue weighted by Gasteiger charge is -2.17. The second-order valence-electron chi connectivity index (χ2n) is 4.24. The number of nitrogens with one attached hydrogen (secondary N) is 1. The van der Waals surface area contributed by atoms with Crippen molar-refractivity contribution >= 4 is 0 Å². The van der Waals surface area contributed by atoms with Gasteiger partial charge >= 0.3 is 0 Å². The molecule has 2 heterocycles. The van der Waals surface area contributed by atoms with Crippen LogP contribution in [0.5, 0.6) is 0 Å². The number of rotatable bonds is 3. The van der Waals surface area contributed by atoms with Gasteiger partial charge in [-0.15, -0.1) is 0 Å². The zero-order valence-electron chi connectivity index (χ0n) is 9.66. The Morgan fingerprint density at radius 3 is 3.07 bits per heavy atom. The number of hydrogen-bond acceptors (Lipinski definition) is 3. The third kappa shape index (κ3) is 2.06. The summed E-state index contributed by atoms with van der Waals surface area (Å²) in [7, 11) is 3.95. The predicted molar refractivity (Wildman–Crippen MR) is 58.7 cm³/mol. The highest BCUT2D eigenvalue weighted by Gasteiger charge is 2.31.